The lowest BCUT2D eigenvalue weighted by molar-refractivity contribution is 0.0374. The second kappa shape index (κ2) is 5.92. The summed E-state index contributed by atoms with van der Waals surface area (Å²) in [6, 6.07) is 0.839. The smallest absolute Gasteiger partial charge is 0.0281 e. The average Bonchev–Trinajstić information content (AvgIpc) is 2.54. The van der Waals surface area contributed by atoms with Crippen LogP contribution in [0.3, 0.4) is 0 Å². The maximum Gasteiger partial charge on any atom is 0.0281 e. The van der Waals surface area contributed by atoms with E-state index in [2.05, 4.69) is 37.9 Å². The minimum atomic E-state index is 0.348. The summed E-state index contributed by atoms with van der Waals surface area (Å²) >= 11 is 0. The van der Waals surface area contributed by atoms with Gasteiger partial charge in [-0.05, 0) is 44.9 Å². The van der Waals surface area contributed by atoms with Crippen molar-refractivity contribution in [1.82, 2.24) is 10.2 Å². The molecule has 18 heavy (non-hydrogen) atoms. The van der Waals surface area contributed by atoms with Crippen LogP contribution in [0, 0.1) is 11.8 Å². The zero-order valence-electron chi connectivity index (χ0n) is 12.8. The van der Waals surface area contributed by atoms with Gasteiger partial charge < -0.3 is 5.32 Å². The van der Waals surface area contributed by atoms with Gasteiger partial charge in [-0.1, -0.05) is 26.7 Å². The fourth-order valence-corrected chi connectivity index (χ4v) is 3.96. The molecule has 2 atom stereocenters. The molecular weight excluding hydrogens is 220 g/mol. The number of piperazine rings is 1. The van der Waals surface area contributed by atoms with Crippen LogP contribution in [0.4, 0.5) is 0 Å². The molecule has 1 aliphatic carbocycles. The highest BCUT2D eigenvalue weighted by Crippen LogP contribution is 2.33. The molecule has 0 amide bonds. The Kier molecular flexibility index (Phi) is 4.71. The minimum absolute atomic E-state index is 0.348. The molecule has 0 aromatic carbocycles. The van der Waals surface area contributed by atoms with Crippen LogP contribution in [0.15, 0.2) is 0 Å². The van der Waals surface area contributed by atoms with E-state index in [4.69, 9.17) is 0 Å². The third kappa shape index (κ3) is 3.27. The lowest BCUT2D eigenvalue weighted by Crippen LogP contribution is -2.61. The standard InChI is InChI=1S/C16H32N2/c1-13(2)14-6-5-7-15(9-8-14)18-11-10-17-12-16(18,3)4/h13-15,17H,5-12H2,1-4H3. The van der Waals surface area contributed by atoms with E-state index < -0.39 is 0 Å². The van der Waals surface area contributed by atoms with E-state index in [9.17, 15) is 0 Å². The van der Waals surface area contributed by atoms with Crippen LogP contribution in [0.5, 0.6) is 0 Å². The molecule has 0 spiro atoms. The SMILES string of the molecule is CC(C)C1CCCC(N2CCNCC2(C)C)CC1. The van der Waals surface area contributed by atoms with Crippen molar-refractivity contribution in [3.05, 3.63) is 0 Å². The van der Waals surface area contributed by atoms with Crippen LogP contribution < -0.4 is 5.32 Å². The maximum atomic E-state index is 3.55. The Bertz CT molecular complexity index is 260. The Morgan fingerprint density at radius 2 is 1.89 bits per heavy atom. The minimum Gasteiger partial charge on any atom is -0.314 e. The fourth-order valence-electron chi connectivity index (χ4n) is 3.96. The topological polar surface area (TPSA) is 15.3 Å². The van der Waals surface area contributed by atoms with E-state index in [0.717, 1.165) is 24.4 Å². The third-order valence-electron chi connectivity index (χ3n) is 5.23. The zero-order chi connectivity index (χ0) is 13.2. The molecule has 0 aromatic heterocycles. The summed E-state index contributed by atoms with van der Waals surface area (Å²) in [6.07, 6.45) is 7.19. The Balaban J connectivity index is 1.96. The summed E-state index contributed by atoms with van der Waals surface area (Å²) in [5.74, 6) is 1.85. The highest BCUT2D eigenvalue weighted by Gasteiger charge is 2.35. The first-order valence-corrected chi connectivity index (χ1v) is 7.98. The van der Waals surface area contributed by atoms with Crippen LogP contribution >= 0.6 is 0 Å². The van der Waals surface area contributed by atoms with Gasteiger partial charge in [-0.15, -0.1) is 0 Å². The van der Waals surface area contributed by atoms with Gasteiger partial charge in [-0.3, -0.25) is 4.90 Å². The predicted molar refractivity (Wildman–Crippen MR) is 78.9 cm³/mol. The summed E-state index contributed by atoms with van der Waals surface area (Å²) in [4.78, 5) is 2.80. The van der Waals surface area contributed by atoms with Gasteiger partial charge in [0.25, 0.3) is 0 Å². The van der Waals surface area contributed by atoms with Crippen molar-refractivity contribution in [2.75, 3.05) is 19.6 Å². The van der Waals surface area contributed by atoms with Crippen LogP contribution in [-0.4, -0.2) is 36.1 Å². The van der Waals surface area contributed by atoms with E-state index in [0.29, 0.717) is 5.54 Å². The van der Waals surface area contributed by atoms with Gasteiger partial charge >= 0.3 is 0 Å². The van der Waals surface area contributed by atoms with Gasteiger partial charge in [0.2, 0.25) is 0 Å². The second-order valence-electron chi connectivity index (χ2n) is 7.35. The molecule has 1 heterocycles. The molecule has 0 aromatic rings. The monoisotopic (exact) mass is 252 g/mol. The van der Waals surface area contributed by atoms with Crippen LogP contribution in [0.25, 0.3) is 0 Å². The number of hydrogen-bond acceptors (Lipinski definition) is 2. The molecule has 0 radical (unpaired) electrons. The van der Waals surface area contributed by atoms with E-state index in [-0.39, 0.29) is 0 Å². The Morgan fingerprint density at radius 1 is 1.11 bits per heavy atom. The fraction of sp³-hybridized carbons (Fsp3) is 1.00. The van der Waals surface area contributed by atoms with Crippen LogP contribution in [0.2, 0.25) is 0 Å². The van der Waals surface area contributed by atoms with E-state index in [1.165, 1.54) is 45.2 Å². The van der Waals surface area contributed by atoms with Crippen molar-refractivity contribution in [2.45, 2.75) is 71.4 Å². The zero-order valence-corrected chi connectivity index (χ0v) is 12.8. The van der Waals surface area contributed by atoms with E-state index in [1.54, 1.807) is 0 Å². The molecule has 106 valence electrons. The Morgan fingerprint density at radius 3 is 2.56 bits per heavy atom. The van der Waals surface area contributed by atoms with Gasteiger partial charge in [-0.25, -0.2) is 0 Å². The number of nitrogens with zero attached hydrogens (tertiary/aromatic N) is 1. The largest absolute Gasteiger partial charge is 0.314 e. The quantitative estimate of drug-likeness (QED) is 0.759. The van der Waals surface area contributed by atoms with Gasteiger partial charge in [0, 0.05) is 31.2 Å². The molecule has 2 rings (SSSR count). The molecule has 2 unspecified atom stereocenters. The second-order valence-corrected chi connectivity index (χ2v) is 7.35. The lowest BCUT2D eigenvalue weighted by Gasteiger charge is -2.47. The summed E-state index contributed by atoms with van der Waals surface area (Å²) in [5.41, 5.74) is 0.348. The molecule has 2 aliphatic rings. The molecule has 1 aliphatic heterocycles. The highest BCUT2D eigenvalue weighted by atomic mass is 15.3. The molecular formula is C16H32N2. The van der Waals surface area contributed by atoms with Crippen molar-refractivity contribution in [1.29, 1.82) is 0 Å². The summed E-state index contributed by atoms with van der Waals surface area (Å²) in [7, 11) is 0. The summed E-state index contributed by atoms with van der Waals surface area (Å²) < 4.78 is 0. The molecule has 0 bridgehead atoms. The average molecular weight is 252 g/mol. The highest BCUT2D eigenvalue weighted by molar-refractivity contribution is 4.93. The van der Waals surface area contributed by atoms with Crippen molar-refractivity contribution in [2.24, 2.45) is 11.8 Å². The van der Waals surface area contributed by atoms with Gasteiger partial charge in [-0.2, -0.15) is 0 Å². The van der Waals surface area contributed by atoms with Crippen LogP contribution in [-0.2, 0) is 0 Å². The first-order chi connectivity index (χ1) is 8.50. The molecule has 2 nitrogen and oxygen atoms in total. The number of hydrogen-bond donors (Lipinski definition) is 1. The third-order valence-corrected chi connectivity index (χ3v) is 5.23. The molecule has 1 saturated carbocycles. The van der Waals surface area contributed by atoms with Gasteiger partial charge in [0.1, 0.15) is 0 Å². The van der Waals surface area contributed by atoms with E-state index >= 15 is 0 Å². The first-order valence-electron chi connectivity index (χ1n) is 7.98. The van der Waals surface area contributed by atoms with Gasteiger partial charge in [0.15, 0.2) is 0 Å². The van der Waals surface area contributed by atoms with Crippen molar-refractivity contribution in [3.63, 3.8) is 0 Å². The molecule has 1 N–H and O–H groups in total. The number of nitrogens with one attached hydrogen (secondary N) is 1. The van der Waals surface area contributed by atoms with Gasteiger partial charge in [0.05, 0.1) is 0 Å². The first kappa shape index (κ1) is 14.3. The van der Waals surface area contributed by atoms with Crippen molar-refractivity contribution < 1.29 is 0 Å². The number of rotatable bonds is 2. The molecule has 2 heteroatoms. The maximum absolute atomic E-state index is 3.55. The predicted octanol–water partition coefficient (Wildman–Crippen LogP) is 3.28. The normalized spacial score (nSPS) is 34.5. The van der Waals surface area contributed by atoms with Crippen molar-refractivity contribution in [3.8, 4) is 0 Å². The summed E-state index contributed by atoms with van der Waals surface area (Å²) in [6.45, 7) is 13.2. The van der Waals surface area contributed by atoms with E-state index in [1.807, 2.05) is 0 Å². The Labute approximate surface area is 114 Å². The molecule has 1 saturated heterocycles. The molecule has 2 fully saturated rings. The lowest BCUT2D eigenvalue weighted by atomic mass is 9.88. The Hall–Kier alpha value is -0.0800. The summed E-state index contributed by atoms with van der Waals surface area (Å²) in [5, 5.41) is 3.55. The van der Waals surface area contributed by atoms with Crippen molar-refractivity contribution >= 4 is 0 Å². The van der Waals surface area contributed by atoms with Crippen LogP contribution in [0.1, 0.15) is 59.8 Å².